The Morgan fingerprint density at radius 1 is 1.47 bits per heavy atom. The highest BCUT2D eigenvalue weighted by molar-refractivity contribution is 5.97. The van der Waals surface area contributed by atoms with Crippen molar-refractivity contribution in [1.29, 1.82) is 5.26 Å². The minimum Gasteiger partial charge on any atom is -0.345 e. The van der Waals surface area contributed by atoms with E-state index in [4.69, 9.17) is 5.26 Å². The van der Waals surface area contributed by atoms with E-state index in [9.17, 15) is 9.59 Å². The first-order valence-corrected chi connectivity index (χ1v) is 6.25. The maximum Gasteiger partial charge on any atom is 0.243 e. The fourth-order valence-corrected chi connectivity index (χ4v) is 2.34. The predicted octanol–water partition coefficient (Wildman–Crippen LogP) is 0.552. The van der Waals surface area contributed by atoms with Gasteiger partial charge in [-0.25, -0.2) is 0 Å². The van der Waals surface area contributed by atoms with E-state index in [1.54, 1.807) is 6.07 Å². The Labute approximate surface area is 110 Å². The van der Waals surface area contributed by atoms with Gasteiger partial charge in [0.15, 0.2) is 0 Å². The van der Waals surface area contributed by atoms with Crippen LogP contribution in [0.4, 0.5) is 0 Å². The van der Waals surface area contributed by atoms with Crippen molar-refractivity contribution < 1.29 is 9.59 Å². The zero-order chi connectivity index (χ0) is 13.5. The highest BCUT2D eigenvalue weighted by Crippen LogP contribution is 2.45. The van der Waals surface area contributed by atoms with Crippen LogP contribution in [0, 0.1) is 11.3 Å². The molecule has 1 aliphatic carbocycles. The maximum atomic E-state index is 12.0. The minimum atomic E-state index is -0.399. The Morgan fingerprint density at radius 3 is 2.79 bits per heavy atom. The summed E-state index contributed by atoms with van der Waals surface area (Å²) in [5.41, 5.74) is 1.21. The molecule has 1 saturated carbocycles. The number of nitriles is 1. The second-order valence-corrected chi connectivity index (χ2v) is 5.09. The minimum absolute atomic E-state index is 0.0866. The van der Waals surface area contributed by atoms with Crippen molar-refractivity contribution in [2.75, 3.05) is 0 Å². The van der Waals surface area contributed by atoms with Crippen LogP contribution in [0.5, 0.6) is 0 Å². The zero-order valence-corrected chi connectivity index (χ0v) is 10.3. The molecule has 19 heavy (non-hydrogen) atoms. The summed E-state index contributed by atoms with van der Waals surface area (Å²) in [5, 5.41) is 14.5. The number of rotatable bonds is 3. The molecule has 0 spiro atoms. The molecule has 0 bridgehead atoms. The molecule has 1 heterocycles. The summed E-state index contributed by atoms with van der Waals surface area (Å²) in [5.74, 6) is -0.226. The van der Waals surface area contributed by atoms with Gasteiger partial charge in [0.1, 0.15) is 6.04 Å². The highest BCUT2D eigenvalue weighted by Gasteiger charge is 2.47. The topological polar surface area (TPSA) is 82.0 Å². The van der Waals surface area contributed by atoms with Crippen LogP contribution in [0.2, 0.25) is 0 Å². The summed E-state index contributed by atoms with van der Waals surface area (Å²) >= 11 is 0. The third-order valence-corrected chi connectivity index (χ3v) is 3.70. The Kier molecular flexibility index (Phi) is 2.53. The van der Waals surface area contributed by atoms with Crippen molar-refractivity contribution in [1.82, 2.24) is 10.6 Å². The molecule has 3 rings (SSSR count). The van der Waals surface area contributed by atoms with E-state index in [-0.39, 0.29) is 23.8 Å². The predicted molar refractivity (Wildman–Crippen MR) is 66.8 cm³/mol. The molecular formula is C14H13N3O2. The summed E-state index contributed by atoms with van der Waals surface area (Å²) in [6.45, 7) is 0. The number of β-lactam (4-membered cyclic amide) rings is 1. The molecule has 1 aromatic rings. The van der Waals surface area contributed by atoms with Crippen LogP contribution in [0.3, 0.4) is 0 Å². The van der Waals surface area contributed by atoms with Crippen molar-refractivity contribution >= 4 is 11.8 Å². The van der Waals surface area contributed by atoms with E-state index in [1.807, 2.05) is 18.2 Å². The van der Waals surface area contributed by atoms with Crippen LogP contribution < -0.4 is 10.6 Å². The first-order valence-electron chi connectivity index (χ1n) is 6.25. The van der Waals surface area contributed by atoms with Gasteiger partial charge < -0.3 is 10.6 Å². The number of carbonyl (C=O) groups excluding carboxylic acids is 2. The van der Waals surface area contributed by atoms with E-state index in [0.717, 1.165) is 18.4 Å². The van der Waals surface area contributed by atoms with Crippen molar-refractivity contribution in [3.63, 3.8) is 0 Å². The first kappa shape index (κ1) is 11.7. The van der Waals surface area contributed by atoms with Crippen LogP contribution in [0.1, 0.15) is 30.4 Å². The number of amides is 2. The second-order valence-electron chi connectivity index (χ2n) is 5.09. The van der Waals surface area contributed by atoms with Crippen LogP contribution in [-0.2, 0) is 15.1 Å². The third-order valence-electron chi connectivity index (χ3n) is 3.70. The van der Waals surface area contributed by atoms with Gasteiger partial charge in [-0.05, 0) is 30.5 Å². The number of hydrogen-bond donors (Lipinski definition) is 2. The zero-order valence-electron chi connectivity index (χ0n) is 10.3. The molecule has 0 aromatic heterocycles. The van der Waals surface area contributed by atoms with Crippen molar-refractivity contribution in [2.24, 2.45) is 0 Å². The number of nitrogens with one attached hydrogen (secondary N) is 2. The number of carbonyl (C=O) groups is 2. The lowest BCUT2D eigenvalue weighted by Gasteiger charge is -2.28. The molecule has 2 fully saturated rings. The average molecular weight is 255 g/mol. The van der Waals surface area contributed by atoms with E-state index < -0.39 is 6.04 Å². The maximum absolute atomic E-state index is 12.0. The number of benzene rings is 1. The van der Waals surface area contributed by atoms with Gasteiger partial charge in [0.25, 0.3) is 0 Å². The van der Waals surface area contributed by atoms with Gasteiger partial charge >= 0.3 is 0 Å². The Morgan fingerprint density at radius 2 is 2.21 bits per heavy atom. The van der Waals surface area contributed by atoms with Gasteiger partial charge in [0.05, 0.1) is 23.6 Å². The molecule has 2 N–H and O–H groups in total. The van der Waals surface area contributed by atoms with E-state index in [0.29, 0.717) is 5.56 Å². The normalized spacial score (nSPS) is 22.7. The van der Waals surface area contributed by atoms with Crippen LogP contribution in [0.15, 0.2) is 24.3 Å². The molecule has 0 radical (unpaired) electrons. The van der Waals surface area contributed by atoms with Gasteiger partial charge in [-0.3, -0.25) is 9.59 Å². The largest absolute Gasteiger partial charge is 0.345 e. The Hall–Kier alpha value is -2.35. The average Bonchev–Trinajstić information content (AvgIpc) is 3.16. The SMILES string of the molecule is N#Cc1cccc(C2(NC(=O)[C@@H]3CC(=O)N3)CC2)c1. The van der Waals surface area contributed by atoms with Gasteiger partial charge in [0, 0.05) is 0 Å². The molecule has 5 nitrogen and oxygen atoms in total. The monoisotopic (exact) mass is 255 g/mol. The molecule has 1 aliphatic heterocycles. The van der Waals surface area contributed by atoms with Crippen molar-refractivity contribution in [3.8, 4) is 6.07 Å². The fraction of sp³-hybridized carbons (Fsp3) is 0.357. The summed E-state index contributed by atoms with van der Waals surface area (Å²) < 4.78 is 0. The lowest BCUT2D eigenvalue weighted by molar-refractivity contribution is -0.137. The van der Waals surface area contributed by atoms with E-state index in [1.165, 1.54) is 0 Å². The number of nitrogens with zero attached hydrogens (tertiary/aromatic N) is 1. The molecular weight excluding hydrogens is 242 g/mol. The molecule has 2 aliphatic rings. The highest BCUT2D eigenvalue weighted by atomic mass is 16.2. The molecule has 1 atom stereocenters. The Bertz CT molecular complexity index is 591. The summed E-state index contributed by atoms with van der Waals surface area (Å²) in [4.78, 5) is 22.8. The second kappa shape index (κ2) is 4.09. The quantitative estimate of drug-likeness (QED) is 0.774. The molecule has 1 aromatic carbocycles. The molecule has 96 valence electrons. The fourth-order valence-electron chi connectivity index (χ4n) is 2.34. The molecule has 2 amide bonds. The standard InChI is InChI=1S/C14H13N3O2/c15-8-9-2-1-3-10(6-9)14(4-5-14)17-13(19)11-7-12(18)16-11/h1-3,6,11H,4-5,7H2,(H,16,18)(H,17,19)/t11-/m0/s1. The molecule has 5 heteroatoms. The molecule has 1 saturated heterocycles. The van der Waals surface area contributed by atoms with Crippen LogP contribution in [0.25, 0.3) is 0 Å². The van der Waals surface area contributed by atoms with Crippen LogP contribution in [-0.4, -0.2) is 17.9 Å². The third kappa shape index (κ3) is 2.06. The smallest absolute Gasteiger partial charge is 0.243 e. The van der Waals surface area contributed by atoms with Gasteiger partial charge in [-0.2, -0.15) is 5.26 Å². The first-order chi connectivity index (χ1) is 9.13. The summed E-state index contributed by atoms with van der Waals surface area (Å²) in [6.07, 6.45) is 2.00. The van der Waals surface area contributed by atoms with Crippen molar-refractivity contribution in [3.05, 3.63) is 35.4 Å². The molecule has 0 unspecified atom stereocenters. The van der Waals surface area contributed by atoms with Gasteiger partial charge in [-0.1, -0.05) is 12.1 Å². The summed E-state index contributed by atoms with van der Waals surface area (Å²) in [6, 6.07) is 9.01. The lowest BCUT2D eigenvalue weighted by Crippen LogP contribution is -2.58. The van der Waals surface area contributed by atoms with E-state index in [2.05, 4.69) is 16.7 Å². The lowest BCUT2D eigenvalue weighted by atomic mass is 10.00. The van der Waals surface area contributed by atoms with Crippen LogP contribution >= 0.6 is 0 Å². The van der Waals surface area contributed by atoms with Crippen molar-refractivity contribution in [2.45, 2.75) is 30.8 Å². The van der Waals surface area contributed by atoms with Gasteiger partial charge in [-0.15, -0.1) is 0 Å². The van der Waals surface area contributed by atoms with Gasteiger partial charge in [0.2, 0.25) is 11.8 Å². The Balaban J connectivity index is 1.74. The number of hydrogen-bond acceptors (Lipinski definition) is 3. The van der Waals surface area contributed by atoms with E-state index >= 15 is 0 Å². The summed E-state index contributed by atoms with van der Waals surface area (Å²) in [7, 11) is 0.